The number of aromatic amines is 1. The number of hydrogen-bond acceptors (Lipinski definition) is 4. The molecule has 1 heterocycles. The summed E-state index contributed by atoms with van der Waals surface area (Å²) in [5, 5.41) is 7.35. The molecule has 1 saturated carbocycles. The van der Waals surface area contributed by atoms with Gasteiger partial charge in [-0.15, -0.1) is 0 Å². The van der Waals surface area contributed by atoms with Gasteiger partial charge in [-0.2, -0.15) is 5.10 Å². The third-order valence-electron chi connectivity index (χ3n) is 3.66. The third kappa shape index (κ3) is 2.82. The zero-order chi connectivity index (χ0) is 13.8. The van der Waals surface area contributed by atoms with Crippen LogP contribution in [-0.4, -0.2) is 35.5 Å². The van der Waals surface area contributed by atoms with Gasteiger partial charge in [0.05, 0.1) is 6.61 Å². The first-order chi connectivity index (χ1) is 9.86. The summed E-state index contributed by atoms with van der Waals surface area (Å²) in [5.74, 6) is 3.19. The van der Waals surface area contributed by atoms with Crippen LogP contribution in [-0.2, 0) is 4.74 Å². The lowest BCUT2D eigenvalue weighted by atomic mass is 9.85. The summed E-state index contributed by atoms with van der Waals surface area (Å²) >= 11 is 0. The highest BCUT2D eigenvalue weighted by molar-refractivity contribution is 5.55. The first-order valence-corrected chi connectivity index (χ1v) is 7.01. The Morgan fingerprint density at radius 1 is 1.20 bits per heavy atom. The van der Waals surface area contributed by atoms with E-state index in [0.29, 0.717) is 19.1 Å². The Morgan fingerprint density at radius 2 is 2.00 bits per heavy atom. The Balaban J connectivity index is 1.65. The predicted octanol–water partition coefficient (Wildman–Crippen LogP) is 2.76. The van der Waals surface area contributed by atoms with Crippen molar-refractivity contribution < 1.29 is 9.47 Å². The maximum absolute atomic E-state index is 5.53. The van der Waals surface area contributed by atoms with E-state index in [2.05, 4.69) is 15.2 Å². The van der Waals surface area contributed by atoms with E-state index in [1.54, 1.807) is 7.11 Å². The number of rotatable bonds is 6. The van der Waals surface area contributed by atoms with E-state index in [1.807, 2.05) is 24.3 Å². The van der Waals surface area contributed by atoms with E-state index in [1.165, 1.54) is 19.3 Å². The zero-order valence-electron chi connectivity index (χ0n) is 11.6. The van der Waals surface area contributed by atoms with Crippen LogP contribution in [0.15, 0.2) is 24.3 Å². The number of hydrogen-bond donors (Lipinski definition) is 1. The number of H-pyrrole nitrogens is 1. The van der Waals surface area contributed by atoms with E-state index < -0.39 is 0 Å². The Labute approximate surface area is 118 Å². The Bertz CT molecular complexity index is 547. The zero-order valence-corrected chi connectivity index (χ0v) is 11.6. The van der Waals surface area contributed by atoms with Gasteiger partial charge >= 0.3 is 0 Å². The van der Waals surface area contributed by atoms with Crippen molar-refractivity contribution in [2.24, 2.45) is 0 Å². The number of aromatic nitrogens is 3. The smallest absolute Gasteiger partial charge is 0.181 e. The SMILES string of the molecule is COCCOc1ccc(-c2n[nH]c(C3CCC3)n2)cc1. The molecule has 0 radical (unpaired) electrons. The molecule has 3 rings (SSSR count). The molecule has 1 fully saturated rings. The lowest BCUT2D eigenvalue weighted by Crippen LogP contribution is -2.10. The van der Waals surface area contributed by atoms with E-state index in [-0.39, 0.29) is 0 Å². The number of benzene rings is 1. The van der Waals surface area contributed by atoms with Crippen LogP contribution in [0, 0.1) is 0 Å². The van der Waals surface area contributed by atoms with Crippen molar-refractivity contribution >= 4 is 0 Å². The molecule has 0 amide bonds. The highest BCUT2D eigenvalue weighted by atomic mass is 16.5. The molecule has 0 atom stereocenters. The molecule has 1 aliphatic rings. The largest absolute Gasteiger partial charge is 0.491 e. The lowest BCUT2D eigenvalue weighted by Gasteiger charge is -2.22. The molecule has 5 heteroatoms. The fraction of sp³-hybridized carbons (Fsp3) is 0.467. The molecular formula is C15H19N3O2. The van der Waals surface area contributed by atoms with Gasteiger partial charge in [-0.1, -0.05) is 6.42 Å². The predicted molar refractivity (Wildman–Crippen MR) is 75.8 cm³/mol. The van der Waals surface area contributed by atoms with Crippen LogP contribution in [0.1, 0.15) is 31.0 Å². The van der Waals surface area contributed by atoms with Crippen molar-refractivity contribution in [3.8, 4) is 17.1 Å². The molecule has 1 aromatic heterocycles. The second-order valence-corrected chi connectivity index (χ2v) is 5.04. The van der Waals surface area contributed by atoms with Crippen molar-refractivity contribution in [2.75, 3.05) is 20.3 Å². The molecule has 0 spiro atoms. The lowest BCUT2D eigenvalue weighted by molar-refractivity contribution is 0.146. The summed E-state index contributed by atoms with van der Waals surface area (Å²) in [4.78, 5) is 4.58. The minimum absolute atomic E-state index is 0.558. The number of ether oxygens (including phenoxy) is 2. The second-order valence-electron chi connectivity index (χ2n) is 5.04. The maximum atomic E-state index is 5.53. The average Bonchev–Trinajstić information content (AvgIpc) is 2.87. The molecular weight excluding hydrogens is 254 g/mol. The van der Waals surface area contributed by atoms with Crippen LogP contribution >= 0.6 is 0 Å². The monoisotopic (exact) mass is 273 g/mol. The van der Waals surface area contributed by atoms with Crippen LogP contribution in [0.4, 0.5) is 0 Å². The van der Waals surface area contributed by atoms with Gasteiger partial charge in [-0.05, 0) is 37.1 Å². The van der Waals surface area contributed by atoms with Crippen molar-refractivity contribution in [3.05, 3.63) is 30.1 Å². The van der Waals surface area contributed by atoms with Crippen molar-refractivity contribution in [1.82, 2.24) is 15.2 Å². The van der Waals surface area contributed by atoms with Gasteiger partial charge < -0.3 is 9.47 Å². The summed E-state index contributed by atoms with van der Waals surface area (Å²) in [6, 6.07) is 7.83. The van der Waals surface area contributed by atoms with E-state index in [4.69, 9.17) is 9.47 Å². The molecule has 1 aromatic carbocycles. The molecule has 0 bridgehead atoms. The average molecular weight is 273 g/mol. The van der Waals surface area contributed by atoms with E-state index >= 15 is 0 Å². The summed E-state index contributed by atoms with van der Waals surface area (Å²) in [7, 11) is 1.66. The molecule has 1 aliphatic carbocycles. The Kier molecular flexibility index (Phi) is 3.97. The molecule has 1 N–H and O–H groups in total. The van der Waals surface area contributed by atoms with Gasteiger partial charge in [0, 0.05) is 18.6 Å². The van der Waals surface area contributed by atoms with Crippen LogP contribution in [0.5, 0.6) is 5.75 Å². The van der Waals surface area contributed by atoms with Gasteiger partial charge in [0.1, 0.15) is 18.2 Å². The fourth-order valence-corrected chi connectivity index (χ4v) is 2.21. The second kappa shape index (κ2) is 6.05. The molecule has 0 unspecified atom stereocenters. The fourth-order valence-electron chi connectivity index (χ4n) is 2.21. The summed E-state index contributed by atoms with van der Waals surface area (Å²) in [5.41, 5.74) is 1.01. The van der Waals surface area contributed by atoms with Crippen LogP contribution < -0.4 is 4.74 Å². The quantitative estimate of drug-likeness (QED) is 0.822. The van der Waals surface area contributed by atoms with E-state index in [9.17, 15) is 0 Å². The Hall–Kier alpha value is -1.88. The highest BCUT2D eigenvalue weighted by Gasteiger charge is 2.23. The van der Waals surface area contributed by atoms with Crippen LogP contribution in [0.25, 0.3) is 11.4 Å². The van der Waals surface area contributed by atoms with E-state index in [0.717, 1.165) is 23.0 Å². The van der Waals surface area contributed by atoms with Gasteiger partial charge in [0.2, 0.25) is 0 Å². The maximum Gasteiger partial charge on any atom is 0.181 e. The summed E-state index contributed by atoms with van der Waals surface area (Å²) in [6.45, 7) is 1.15. The third-order valence-corrected chi connectivity index (χ3v) is 3.66. The van der Waals surface area contributed by atoms with Crippen molar-refractivity contribution in [2.45, 2.75) is 25.2 Å². The summed E-state index contributed by atoms with van der Waals surface area (Å²) in [6.07, 6.45) is 3.75. The molecule has 0 aliphatic heterocycles. The number of methoxy groups -OCH3 is 1. The normalized spacial score (nSPS) is 15.1. The van der Waals surface area contributed by atoms with Gasteiger partial charge in [-0.25, -0.2) is 4.98 Å². The van der Waals surface area contributed by atoms with Gasteiger partial charge in [0.15, 0.2) is 5.82 Å². The van der Waals surface area contributed by atoms with Gasteiger partial charge in [-0.3, -0.25) is 5.10 Å². The minimum atomic E-state index is 0.558. The molecule has 106 valence electrons. The van der Waals surface area contributed by atoms with Crippen LogP contribution in [0.3, 0.4) is 0 Å². The molecule has 2 aromatic rings. The first-order valence-electron chi connectivity index (χ1n) is 7.01. The Morgan fingerprint density at radius 3 is 2.65 bits per heavy atom. The number of nitrogens with zero attached hydrogens (tertiary/aromatic N) is 2. The highest BCUT2D eigenvalue weighted by Crippen LogP contribution is 2.34. The van der Waals surface area contributed by atoms with Crippen LogP contribution in [0.2, 0.25) is 0 Å². The van der Waals surface area contributed by atoms with Gasteiger partial charge in [0.25, 0.3) is 0 Å². The topological polar surface area (TPSA) is 60.0 Å². The summed E-state index contributed by atoms with van der Waals surface area (Å²) < 4.78 is 10.5. The molecule has 20 heavy (non-hydrogen) atoms. The first kappa shape index (κ1) is 13.1. The minimum Gasteiger partial charge on any atom is -0.491 e. The standard InChI is InChI=1S/C15H19N3O2/c1-19-9-10-20-13-7-5-12(6-8-13)15-16-14(17-18-15)11-3-2-4-11/h5-8,11H,2-4,9-10H2,1H3,(H,16,17,18). The molecule has 5 nitrogen and oxygen atoms in total. The number of nitrogens with one attached hydrogen (secondary N) is 1. The molecule has 0 saturated heterocycles. The van der Waals surface area contributed by atoms with Crippen molar-refractivity contribution in [3.63, 3.8) is 0 Å². The van der Waals surface area contributed by atoms with Crippen molar-refractivity contribution in [1.29, 1.82) is 0 Å².